The summed E-state index contributed by atoms with van der Waals surface area (Å²) in [5.74, 6) is 2.42. The van der Waals surface area contributed by atoms with Crippen molar-refractivity contribution in [2.24, 2.45) is 0 Å². The van der Waals surface area contributed by atoms with Crippen LogP contribution in [0.3, 0.4) is 0 Å². The van der Waals surface area contributed by atoms with E-state index in [9.17, 15) is 4.79 Å². The van der Waals surface area contributed by atoms with Gasteiger partial charge in [0.15, 0.2) is 5.82 Å². The second-order valence-electron chi connectivity index (χ2n) is 8.58. The zero-order valence-electron chi connectivity index (χ0n) is 21.3. The number of carbonyl (C=O) groups excluding carboxylic acids is 1. The van der Waals surface area contributed by atoms with Crippen LogP contribution < -0.4 is 24.8 Å². The first kappa shape index (κ1) is 25.2. The second-order valence-corrected chi connectivity index (χ2v) is 9.01. The van der Waals surface area contributed by atoms with Crippen molar-refractivity contribution in [3.63, 3.8) is 0 Å². The first-order valence-corrected chi connectivity index (χ1v) is 12.2. The Morgan fingerprint density at radius 1 is 0.974 bits per heavy atom. The molecule has 0 aliphatic carbocycles. The van der Waals surface area contributed by atoms with E-state index in [0.717, 1.165) is 5.56 Å². The number of aromatic nitrogens is 3. The van der Waals surface area contributed by atoms with E-state index in [0.29, 0.717) is 56.6 Å². The minimum absolute atomic E-state index is 0.301. The van der Waals surface area contributed by atoms with Crippen molar-refractivity contribution in [1.82, 2.24) is 14.8 Å². The largest absolute Gasteiger partial charge is 0.497 e. The van der Waals surface area contributed by atoms with E-state index in [1.54, 1.807) is 56.3 Å². The number of nitrogens with zero attached hydrogens (tertiary/aromatic N) is 3. The molecule has 10 heteroatoms. The fraction of sp³-hybridized carbons (Fsp3) is 0.179. The number of para-hydroxylation sites is 2. The molecule has 2 N–H and O–H groups in total. The minimum atomic E-state index is -0.577. The average Bonchev–Trinajstić information content (AvgIpc) is 3.36. The molecule has 0 saturated carbocycles. The van der Waals surface area contributed by atoms with Crippen molar-refractivity contribution >= 4 is 29.1 Å². The number of ether oxygens (including phenoxy) is 3. The Bertz CT molecular complexity index is 1510. The lowest BCUT2D eigenvalue weighted by Gasteiger charge is -2.28. The Balaban J connectivity index is 1.60. The summed E-state index contributed by atoms with van der Waals surface area (Å²) in [6.45, 7) is 1.84. The van der Waals surface area contributed by atoms with Crippen LogP contribution >= 0.6 is 11.6 Å². The molecule has 1 amide bonds. The molecule has 4 aromatic rings. The van der Waals surface area contributed by atoms with Gasteiger partial charge in [0.25, 0.3) is 5.91 Å². The lowest BCUT2D eigenvalue weighted by atomic mass is 9.95. The number of anilines is 2. The molecule has 1 atom stereocenters. The number of benzene rings is 3. The third-order valence-electron chi connectivity index (χ3n) is 6.25. The molecule has 0 saturated heterocycles. The monoisotopic (exact) mass is 531 g/mol. The van der Waals surface area contributed by atoms with E-state index < -0.39 is 6.04 Å². The number of rotatable bonds is 7. The number of hydrogen-bond acceptors (Lipinski definition) is 7. The number of amides is 1. The van der Waals surface area contributed by atoms with Crippen LogP contribution in [0.1, 0.15) is 18.5 Å². The SMILES string of the molecule is COc1cc(OC)cc(-c2nc3n(n2)C(c2ccc(Cl)cc2)C(C(=O)Nc2ccccc2OC)=C(C)N3)c1. The summed E-state index contributed by atoms with van der Waals surface area (Å²) in [5, 5.41) is 11.7. The molecule has 0 radical (unpaired) electrons. The molecule has 38 heavy (non-hydrogen) atoms. The third-order valence-corrected chi connectivity index (χ3v) is 6.50. The molecule has 0 spiro atoms. The van der Waals surface area contributed by atoms with Gasteiger partial charge in [0.05, 0.1) is 32.6 Å². The van der Waals surface area contributed by atoms with Gasteiger partial charge in [0.1, 0.15) is 23.3 Å². The van der Waals surface area contributed by atoms with Gasteiger partial charge in [-0.2, -0.15) is 4.98 Å². The predicted molar refractivity (Wildman–Crippen MR) is 146 cm³/mol. The lowest BCUT2D eigenvalue weighted by molar-refractivity contribution is -0.113. The van der Waals surface area contributed by atoms with E-state index in [-0.39, 0.29) is 5.91 Å². The highest BCUT2D eigenvalue weighted by atomic mass is 35.5. The van der Waals surface area contributed by atoms with Crippen LogP contribution in [0.25, 0.3) is 11.4 Å². The Morgan fingerprint density at radius 3 is 2.32 bits per heavy atom. The van der Waals surface area contributed by atoms with Crippen molar-refractivity contribution in [2.45, 2.75) is 13.0 Å². The maximum Gasteiger partial charge on any atom is 0.255 e. The maximum absolute atomic E-state index is 13.8. The van der Waals surface area contributed by atoms with Crippen molar-refractivity contribution in [2.75, 3.05) is 32.0 Å². The zero-order chi connectivity index (χ0) is 26.8. The van der Waals surface area contributed by atoms with E-state index in [1.807, 2.05) is 43.3 Å². The van der Waals surface area contributed by atoms with Crippen LogP contribution in [0.4, 0.5) is 11.6 Å². The molecule has 194 valence electrons. The molecular formula is C28H26ClN5O4. The molecule has 1 aliphatic rings. The average molecular weight is 532 g/mol. The molecule has 1 aromatic heterocycles. The van der Waals surface area contributed by atoms with Gasteiger partial charge in [-0.05, 0) is 48.9 Å². The second kappa shape index (κ2) is 10.5. The maximum atomic E-state index is 13.8. The summed E-state index contributed by atoms with van der Waals surface area (Å²) < 4.78 is 18.0. The van der Waals surface area contributed by atoms with Gasteiger partial charge in [-0.15, -0.1) is 5.10 Å². The molecule has 1 unspecified atom stereocenters. The van der Waals surface area contributed by atoms with Crippen LogP contribution in [0.2, 0.25) is 5.02 Å². The van der Waals surface area contributed by atoms with Gasteiger partial charge in [0, 0.05) is 22.3 Å². The Hall–Kier alpha value is -4.50. The fourth-order valence-electron chi connectivity index (χ4n) is 4.39. The van der Waals surface area contributed by atoms with Crippen molar-refractivity contribution in [3.05, 3.63) is 88.6 Å². The number of nitrogens with one attached hydrogen (secondary N) is 2. The van der Waals surface area contributed by atoms with E-state index >= 15 is 0 Å². The van der Waals surface area contributed by atoms with Crippen LogP contribution in [0, 0.1) is 0 Å². The standard InChI is InChI=1S/C28H26ClN5O4/c1-16-24(27(35)31-22-7-5-6-8-23(22)38-4)25(17-9-11-19(29)12-10-17)34-28(30-16)32-26(33-34)18-13-20(36-2)15-21(14-18)37-3/h5-15,25H,1-4H3,(H,31,35)(H,30,32,33). The summed E-state index contributed by atoms with van der Waals surface area (Å²) in [5.41, 5.74) is 3.21. The molecule has 5 rings (SSSR count). The summed E-state index contributed by atoms with van der Waals surface area (Å²) >= 11 is 6.18. The number of fused-ring (bicyclic) bond motifs is 1. The summed E-state index contributed by atoms with van der Waals surface area (Å²) in [4.78, 5) is 18.5. The normalized spacial score (nSPS) is 14.4. The molecular weight excluding hydrogens is 506 g/mol. The van der Waals surface area contributed by atoms with Crippen LogP contribution in [-0.2, 0) is 4.79 Å². The highest BCUT2D eigenvalue weighted by molar-refractivity contribution is 6.30. The first-order chi connectivity index (χ1) is 18.4. The fourth-order valence-corrected chi connectivity index (χ4v) is 4.52. The van der Waals surface area contributed by atoms with E-state index in [2.05, 4.69) is 10.6 Å². The Kier molecular flexibility index (Phi) is 6.93. The topological polar surface area (TPSA) is 99.5 Å². The number of carbonyl (C=O) groups is 1. The molecule has 1 aliphatic heterocycles. The van der Waals surface area contributed by atoms with Crippen molar-refractivity contribution in [3.8, 4) is 28.6 Å². The third kappa shape index (κ3) is 4.76. The smallest absolute Gasteiger partial charge is 0.255 e. The van der Waals surface area contributed by atoms with Gasteiger partial charge in [0.2, 0.25) is 5.95 Å². The first-order valence-electron chi connectivity index (χ1n) is 11.8. The Morgan fingerprint density at radius 2 is 1.66 bits per heavy atom. The highest BCUT2D eigenvalue weighted by Crippen LogP contribution is 2.38. The predicted octanol–water partition coefficient (Wildman–Crippen LogP) is 5.55. The summed E-state index contributed by atoms with van der Waals surface area (Å²) in [7, 11) is 4.73. The van der Waals surface area contributed by atoms with E-state index in [1.165, 1.54) is 0 Å². The number of halogens is 1. The highest BCUT2D eigenvalue weighted by Gasteiger charge is 2.35. The molecule has 0 bridgehead atoms. The summed E-state index contributed by atoms with van der Waals surface area (Å²) in [6, 6.07) is 19.4. The van der Waals surface area contributed by atoms with Crippen LogP contribution in [0.5, 0.6) is 17.2 Å². The van der Waals surface area contributed by atoms with Crippen LogP contribution in [0.15, 0.2) is 78.0 Å². The lowest BCUT2D eigenvalue weighted by Crippen LogP contribution is -2.31. The van der Waals surface area contributed by atoms with E-state index in [4.69, 9.17) is 35.9 Å². The summed E-state index contributed by atoms with van der Waals surface area (Å²) in [6.07, 6.45) is 0. The Labute approximate surface area is 225 Å². The van der Waals surface area contributed by atoms with Crippen molar-refractivity contribution in [1.29, 1.82) is 0 Å². The number of hydrogen-bond donors (Lipinski definition) is 2. The quantitative estimate of drug-likeness (QED) is 0.322. The van der Waals surface area contributed by atoms with Gasteiger partial charge in [-0.1, -0.05) is 35.9 Å². The number of allylic oxidation sites excluding steroid dienone is 1. The molecule has 0 fully saturated rings. The van der Waals surface area contributed by atoms with Gasteiger partial charge in [-0.25, -0.2) is 4.68 Å². The molecule has 9 nitrogen and oxygen atoms in total. The molecule has 2 heterocycles. The van der Waals surface area contributed by atoms with Gasteiger partial charge >= 0.3 is 0 Å². The van der Waals surface area contributed by atoms with Gasteiger partial charge < -0.3 is 24.8 Å². The van der Waals surface area contributed by atoms with Gasteiger partial charge in [-0.3, -0.25) is 4.79 Å². The van der Waals surface area contributed by atoms with Crippen LogP contribution in [-0.4, -0.2) is 42.0 Å². The zero-order valence-corrected chi connectivity index (χ0v) is 22.0. The number of methoxy groups -OCH3 is 3. The minimum Gasteiger partial charge on any atom is -0.497 e. The van der Waals surface area contributed by atoms with Crippen molar-refractivity contribution < 1.29 is 19.0 Å². The molecule has 3 aromatic carbocycles.